The average Bonchev–Trinajstić information content (AvgIpc) is 2.70. The number of rotatable bonds is 3. The number of aliphatic carboxylic acids is 1. The van der Waals surface area contributed by atoms with E-state index in [1.54, 1.807) is 6.07 Å². The molecule has 4 rings (SSSR count). The van der Waals surface area contributed by atoms with Crippen LogP contribution in [0.5, 0.6) is 0 Å². The number of carboxylic acids is 1. The Morgan fingerprint density at radius 3 is 2.86 bits per heavy atom. The number of piperidine rings is 1. The highest BCUT2D eigenvalue weighted by Gasteiger charge is 2.28. The van der Waals surface area contributed by atoms with Crippen molar-refractivity contribution in [2.75, 3.05) is 18.0 Å². The zero-order chi connectivity index (χ0) is 19.8. The van der Waals surface area contributed by atoms with Crippen LogP contribution < -0.4 is 4.90 Å². The third-order valence-corrected chi connectivity index (χ3v) is 5.68. The average molecular weight is 400 g/mol. The molecular formula is C21H19ClFN3O2. The summed E-state index contributed by atoms with van der Waals surface area (Å²) in [6, 6.07) is 8.75. The molecule has 0 saturated carbocycles. The Morgan fingerprint density at radius 1 is 1.29 bits per heavy atom. The molecular weight excluding hydrogens is 381 g/mol. The molecule has 3 aromatic rings. The number of halogens is 2. The predicted octanol–water partition coefficient (Wildman–Crippen LogP) is 4.70. The summed E-state index contributed by atoms with van der Waals surface area (Å²) in [6.07, 6.45) is 2.71. The molecule has 1 aliphatic heterocycles. The SMILES string of the molecule is Cc1cc(-c2ccc(F)c3ncnc(N4CCC[C@@H](C(=O)O)C4)c23)ccc1Cl. The van der Waals surface area contributed by atoms with Gasteiger partial charge in [-0.05, 0) is 54.7 Å². The van der Waals surface area contributed by atoms with E-state index in [0.717, 1.165) is 23.1 Å². The van der Waals surface area contributed by atoms with Crippen molar-refractivity contribution in [3.05, 3.63) is 53.1 Å². The van der Waals surface area contributed by atoms with E-state index in [1.165, 1.54) is 12.4 Å². The van der Waals surface area contributed by atoms with Gasteiger partial charge in [0.25, 0.3) is 0 Å². The zero-order valence-corrected chi connectivity index (χ0v) is 16.1. The van der Waals surface area contributed by atoms with Crippen LogP contribution in [0.4, 0.5) is 10.2 Å². The fourth-order valence-electron chi connectivity index (χ4n) is 3.79. The first kappa shape index (κ1) is 18.6. The summed E-state index contributed by atoms with van der Waals surface area (Å²) in [5.74, 6) is -1.14. The molecule has 0 bridgehead atoms. The second-order valence-electron chi connectivity index (χ2n) is 7.10. The fraction of sp³-hybridized carbons (Fsp3) is 0.286. The standard InChI is InChI=1S/C21H19ClFN3O2/c1-12-9-13(4-6-16(12)22)15-5-7-17(23)19-18(15)20(25-11-24-19)26-8-2-3-14(10-26)21(27)28/h4-7,9,11,14H,2-3,8,10H2,1H3,(H,27,28)/t14-/m1/s1. The Hall–Kier alpha value is -2.73. The first-order valence-electron chi connectivity index (χ1n) is 9.13. The Balaban J connectivity index is 1.91. The fourth-order valence-corrected chi connectivity index (χ4v) is 3.91. The summed E-state index contributed by atoms with van der Waals surface area (Å²) in [4.78, 5) is 22.0. The molecule has 1 saturated heterocycles. The van der Waals surface area contributed by atoms with Crippen LogP contribution >= 0.6 is 11.6 Å². The van der Waals surface area contributed by atoms with E-state index >= 15 is 0 Å². The van der Waals surface area contributed by atoms with Crippen molar-refractivity contribution in [1.29, 1.82) is 0 Å². The quantitative estimate of drug-likeness (QED) is 0.691. The Bertz CT molecular complexity index is 1070. The molecule has 144 valence electrons. The van der Waals surface area contributed by atoms with Gasteiger partial charge >= 0.3 is 5.97 Å². The monoisotopic (exact) mass is 399 g/mol. The van der Waals surface area contributed by atoms with Gasteiger partial charge in [-0.15, -0.1) is 0 Å². The summed E-state index contributed by atoms with van der Waals surface area (Å²) in [7, 11) is 0. The van der Waals surface area contributed by atoms with E-state index in [2.05, 4.69) is 9.97 Å². The van der Waals surface area contributed by atoms with Gasteiger partial charge in [-0.3, -0.25) is 4.79 Å². The number of hydrogen-bond acceptors (Lipinski definition) is 4. The number of aromatic nitrogens is 2. The van der Waals surface area contributed by atoms with Crippen molar-refractivity contribution in [3.63, 3.8) is 0 Å². The smallest absolute Gasteiger partial charge is 0.308 e. The highest BCUT2D eigenvalue weighted by Crippen LogP contribution is 2.37. The van der Waals surface area contributed by atoms with Crippen molar-refractivity contribution >= 4 is 34.3 Å². The highest BCUT2D eigenvalue weighted by molar-refractivity contribution is 6.31. The minimum absolute atomic E-state index is 0.229. The number of hydrogen-bond donors (Lipinski definition) is 1. The maximum atomic E-state index is 14.6. The van der Waals surface area contributed by atoms with Crippen molar-refractivity contribution in [3.8, 4) is 11.1 Å². The van der Waals surface area contributed by atoms with E-state index in [-0.39, 0.29) is 5.52 Å². The number of nitrogens with zero attached hydrogens (tertiary/aromatic N) is 3. The van der Waals surface area contributed by atoms with Crippen molar-refractivity contribution in [1.82, 2.24) is 9.97 Å². The van der Waals surface area contributed by atoms with Crippen molar-refractivity contribution in [2.24, 2.45) is 5.92 Å². The van der Waals surface area contributed by atoms with Gasteiger partial charge in [0.05, 0.1) is 11.3 Å². The zero-order valence-electron chi connectivity index (χ0n) is 15.3. The molecule has 1 fully saturated rings. The number of benzene rings is 2. The number of fused-ring (bicyclic) bond motifs is 1. The molecule has 0 unspecified atom stereocenters. The number of carboxylic acid groups (broad SMARTS) is 1. The van der Waals surface area contributed by atoms with Crippen LogP contribution in [0.25, 0.3) is 22.0 Å². The van der Waals surface area contributed by atoms with Gasteiger partial charge in [-0.25, -0.2) is 14.4 Å². The molecule has 0 amide bonds. The number of carbonyl (C=O) groups is 1. The van der Waals surface area contributed by atoms with Gasteiger partial charge in [0.15, 0.2) is 0 Å². The second kappa shape index (κ2) is 7.36. The third kappa shape index (κ3) is 3.29. The summed E-state index contributed by atoms with van der Waals surface area (Å²) in [6.45, 7) is 2.93. The van der Waals surface area contributed by atoms with E-state index < -0.39 is 17.7 Å². The Morgan fingerprint density at radius 2 is 2.11 bits per heavy atom. The van der Waals surface area contributed by atoms with Gasteiger partial charge in [-0.2, -0.15) is 0 Å². The summed E-state index contributed by atoms with van der Waals surface area (Å²) < 4.78 is 14.6. The summed E-state index contributed by atoms with van der Waals surface area (Å²) in [5, 5.41) is 10.7. The molecule has 28 heavy (non-hydrogen) atoms. The topological polar surface area (TPSA) is 66.3 Å². The molecule has 0 aliphatic carbocycles. The number of aryl methyl sites for hydroxylation is 1. The van der Waals surface area contributed by atoms with Gasteiger partial charge in [0.1, 0.15) is 23.5 Å². The van der Waals surface area contributed by atoms with Gasteiger partial charge in [-0.1, -0.05) is 23.7 Å². The van der Waals surface area contributed by atoms with Crippen LogP contribution in [-0.4, -0.2) is 34.1 Å². The van der Waals surface area contributed by atoms with E-state index in [1.807, 2.05) is 30.0 Å². The van der Waals surface area contributed by atoms with Crippen LogP contribution in [0.15, 0.2) is 36.7 Å². The van der Waals surface area contributed by atoms with Crippen molar-refractivity contribution in [2.45, 2.75) is 19.8 Å². The Kier molecular flexibility index (Phi) is 4.89. The largest absolute Gasteiger partial charge is 0.481 e. The van der Waals surface area contributed by atoms with Gasteiger partial charge < -0.3 is 10.0 Å². The van der Waals surface area contributed by atoms with E-state index in [0.29, 0.717) is 35.7 Å². The first-order chi connectivity index (χ1) is 13.5. The van der Waals surface area contributed by atoms with E-state index in [4.69, 9.17) is 11.6 Å². The van der Waals surface area contributed by atoms with Crippen LogP contribution in [0, 0.1) is 18.7 Å². The maximum absolute atomic E-state index is 14.6. The number of anilines is 1. The minimum Gasteiger partial charge on any atom is -0.481 e. The molecule has 1 aliphatic rings. The third-order valence-electron chi connectivity index (χ3n) is 5.26. The van der Waals surface area contributed by atoms with Crippen LogP contribution in [-0.2, 0) is 4.79 Å². The summed E-state index contributed by atoms with van der Waals surface area (Å²) >= 11 is 6.16. The highest BCUT2D eigenvalue weighted by atomic mass is 35.5. The molecule has 1 atom stereocenters. The van der Waals surface area contributed by atoms with Crippen LogP contribution in [0.3, 0.4) is 0 Å². The summed E-state index contributed by atoms with van der Waals surface area (Å²) in [5.41, 5.74) is 2.82. The minimum atomic E-state index is -0.817. The van der Waals surface area contributed by atoms with Crippen LogP contribution in [0.1, 0.15) is 18.4 Å². The lowest BCUT2D eigenvalue weighted by molar-refractivity contribution is -0.141. The lowest BCUT2D eigenvalue weighted by atomic mass is 9.96. The lowest BCUT2D eigenvalue weighted by Crippen LogP contribution is -2.39. The second-order valence-corrected chi connectivity index (χ2v) is 7.51. The Labute approximate surface area is 166 Å². The molecule has 2 aromatic carbocycles. The van der Waals surface area contributed by atoms with Crippen molar-refractivity contribution < 1.29 is 14.3 Å². The van der Waals surface area contributed by atoms with Gasteiger partial charge in [0, 0.05) is 18.1 Å². The molecule has 2 heterocycles. The molecule has 0 spiro atoms. The van der Waals surface area contributed by atoms with Crippen LogP contribution in [0.2, 0.25) is 5.02 Å². The predicted molar refractivity (Wildman–Crippen MR) is 107 cm³/mol. The first-order valence-corrected chi connectivity index (χ1v) is 9.51. The molecule has 0 radical (unpaired) electrons. The van der Waals surface area contributed by atoms with Gasteiger partial charge in [0.2, 0.25) is 0 Å². The molecule has 5 nitrogen and oxygen atoms in total. The lowest BCUT2D eigenvalue weighted by Gasteiger charge is -2.32. The normalized spacial score (nSPS) is 17.1. The molecule has 7 heteroatoms. The molecule has 1 N–H and O–H groups in total. The van der Waals surface area contributed by atoms with E-state index in [9.17, 15) is 14.3 Å². The molecule has 1 aromatic heterocycles. The maximum Gasteiger partial charge on any atom is 0.308 e.